The minimum absolute atomic E-state index is 0.646. The van der Waals surface area contributed by atoms with Gasteiger partial charge in [-0.3, -0.25) is 0 Å². The van der Waals surface area contributed by atoms with Gasteiger partial charge in [-0.25, -0.2) is 0 Å². The molecular weight excluding hydrogens is 150 g/mol. The number of ether oxygens (including phenoxy) is 1. The summed E-state index contributed by atoms with van der Waals surface area (Å²) in [7, 11) is 0. The quantitative estimate of drug-likeness (QED) is 0.392. The van der Waals surface area contributed by atoms with E-state index < -0.39 is 30.6 Å². The Balaban J connectivity index is 2.63. The molecule has 5 atom stereocenters. The van der Waals surface area contributed by atoms with E-state index in [1.807, 2.05) is 0 Å². The molecule has 0 aromatic carbocycles. The molecule has 1 heterocycles. The van der Waals surface area contributed by atoms with Crippen LogP contribution in [0.5, 0.6) is 0 Å². The highest BCUT2D eigenvalue weighted by Crippen LogP contribution is 2.17. The van der Waals surface area contributed by atoms with Gasteiger partial charge in [0.05, 0.1) is 12.1 Å². The molecule has 0 aliphatic carbocycles. The normalized spacial score (nSPS) is 52.6. The van der Waals surface area contributed by atoms with Crippen LogP contribution in [0.4, 0.5) is 0 Å². The Morgan fingerprint density at radius 1 is 1.36 bits per heavy atom. The first-order valence-electron chi connectivity index (χ1n) is 3.47. The van der Waals surface area contributed by atoms with Crippen LogP contribution in [0.25, 0.3) is 0 Å². The van der Waals surface area contributed by atoms with Gasteiger partial charge in [0, 0.05) is 0 Å². The Morgan fingerprint density at radius 3 is 2.45 bits per heavy atom. The van der Waals surface area contributed by atoms with Crippen LogP contribution in [0, 0.1) is 0 Å². The zero-order valence-electron chi connectivity index (χ0n) is 6.18. The summed E-state index contributed by atoms with van der Waals surface area (Å²) in [5.41, 5.74) is 5.23. The van der Waals surface area contributed by atoms with Gasteiger partial charge in [0.1, 0.15) is 12.2 Å². The third-order valence-electron chi connectivity index (χ3n) is 1.89. The SMILES string of the molecule is C[C@H]1OC([O])[C@@H](N)[C@@H](O)[C@@H]1O. The van der Waals surface area contributed by atoms with Gasteiger partial charge in [-0.05, 0) is 6.92 Å². The molecule has 65 valence electrons. The average molecular weight is 162 g/mol. The number of aliphatic hydroxyl groups is 2. The van der Waals surface area contributed by atoms with Crippen molar-refractivity contribution in [3.05, 3.63) is 0 Å². The van der Waals surface area contributed by atoms with E-state index in [0.29, 0.717) is 0 Å². The van der Waals surface area contributed by atoms with E-state index in [-0.39, 0.29) is 0 Å². The number of aliphatic hydroxyl groups excluding tert-OH is 2. The average Bonchev–Trinajstić information content (AvgIpc) is 1.97. The summed E-state index contributed by atoms with van der Waals surface area (Å²) in [6.07, 6.45) is -4.33. The van der Waals surface area contributed by atoms with Gasteiger partial charge in [-0.15, -0.1) is 0 Å². The largest absolute Gasteiger partial charge is 0.388 e. The van der Waals surface area contributed by atoms with Crippen LogP contribution >= 0.6 is 0 Å². The predicted octanol–water partition coefficient (Wildman–Crippen LogP) is -1.79. The maximum atomic E-state index is 10.8. The molecule has 1 unspecified atom stereocenters. The highest BCUT2D eigenvalue weighted by molar-refractivity contribution is 4.88. The summed E-state index contributed by atoms with van der Waals surface area (Å²) in [5, 5.41) is 29.1. The van der Waals surface area contributed by atoms with Crippen LogP contribution < -0.4 is 5.73 Å². The lowest BCUT2D eigenvalue weighted by Crippen LogP contribution is -2.59. The minimum atomic E-state index is -1.44. The van der Waals surface area contributed by atoms with Crippen molar-refractivity contribution < 1.29 is 20.1 Å². The van der Waals surface area contributed by atoms with Gasteiger partial charge < -0.3 is 20.7 Å². The van der Waals surface area contributed by atoms with E-state index in [9.17, 15) is 5.11 Å². The Hall–Kier alpha value is -0.200. The van der Waals surface area contributed by atoms with Crippen LogP contribution in [0.1, 0.15) is 6.92 Å². The van der Waals surface area contributed by atoms with Crippen LogP contribution in [-0.4, -0.2) is 40.9 Å². The van der Waals surface area contributed by atoms with Crippen LogP contribution in [0.3, 0.4) is 0 Å². The highest BCUT2D eigenvalue weighted by Gasteiger charge is 2.40. The second-order valence-corrected chi connectivity index (χ2v) is 2.77. The third kappa shape index (κ3) is 1.52. The first-order chi connectivity index (χ1) is 5.04. The standard InChI is InChI=1S/C6H12NO4/c1-2-4(8)5(9)3(7)6(10)11-2/h2-6,8-9H,7H2,1H3/t2-,3+,4-,5-,6?/m1/s1. The number of hydrogen-bond donors (Lipinski definition) is 3. The molecule has 0 spiro atoms. The van der Waals surface area contributed by atoms with Crippen molar-refractivity contribution in [3.8, 4) is 0 Å². The molecule has 5 nitrogen and oxygen atoms in total. The molecule has 4 N–H and O–H groups in total. The fourth-order valence-corrected chi connectivity index (χ4v) is 1.05. The van der Waals surface area contributed by atoms with E-state index in [1.54, 1.807) is 0 Å². The van der Waals surface area contributed by atoms with Crippen molar-refractivity contribution in [1.29, 1.82) is 0 Å². The van der Waals surface area contributed by atoms with E-state index in [1.165, 1.54) is 6.92 Å². The lowest BCUT2D eigenvalue weighted by Gasteiger charge is -2.36. The van der Waals surface area contributed by atoms with Crippen molar-refractivity contribution in [2.24, 2.45) is 5.73 Å². The first-order valence-corrected chi connectivity index (χ1v) is 3.47. The molecule has 1 aliphatic rings. The van der Waals surface area contributed by atoms with Gasteiger partial charge >= 0.3 is 0 Å². The summed E-state index contributed by atoms with van der Waals surface area (Å²) in [6.45, 7) is 1.52. The van der Waals surface area contributed by atoms with Crippen molar-refractivity contribution >= 4 is 0 Å². The van der Waals surface area contributed by atoms with Crippen molar-refractivity contribution in [2.45, 2.75) is 37.6 Å². The molecule has 1 aliphatic heterocycles. The molecule has 1 fully saturated rings. The summed E-state index contributed by atoms with van der Waals surface area (Å²) >= 11 is 0. The fraction of sp³-hybridized carbons (Fsp3) is 1.00. The molecule has 0 aromatic heterocycles. The van der Waals surface area contributed by atoms with Crippen LogP contribution in [0.15, 0.2) is 0 Å². The first kappa shape index (κ1) is 8.89. The second kappa shape index (κ2) is 3.04. The zero-order chi connectivity index (χ0) is 8.59. The smallest absolute Gasteiger partial charge is 0.209 e. The topological polar surface area (TPSA) is 95.6 Å². The number of rotatable bonds is 0. The molecular formula is C6H12NO4. The molecule has 0 amide bonds. The van der Waals surface area contributed by atoms with Crippen LogP contribution in [-0.2, 0) is 9.84 Å². The zero-order valence-corrected chi connectivity index (χ0v) is 6.18. The number of hydrogen-bond acceptors (Lipinski definition) is 4. The lowest BCUT2D eigenvalue weighted by molar-refractivity contribution is -0.257. The highest BCUT2D eigenvalue weighted by atomic mass is 16.6. The maximum Gasteiger partial charge on any atom is 0.209 e. The molecule has 5 heteroatoms. The van der Waals surface area contributed by atoms with Gasteiger partial charge in [-0.1, -0.05) is 0 Å². The molecule has 1 rings (SSSR count). The van der Waals surface area contributed by atoms with E-state index in [2.05, 4.69) is 0 Å². The maximum absolute atomic E-state index is 10.8. The third-order valence-corrected chi connectivity index (χ3v) is 1.89. The van der Waals surface area contributed by atoms with E-state index in [4.69, 9.17) is 20.7 Å². The van der Waals surface area contributed by atoms with Crippen LogP contribution in [0.2, 0.25) is 0 Å². The Bertz CT molecular complexity index is 129. The predicted molar refractivity (Wildman–Crippen MR) is 35.0 cm³/mol. The number of nitrogens with two attached hydrogens (primary N) is 1. The molecule has 11 heavy (non-hydrogen) atoms. The molecule has 0 bridgehead atoms. The molecule has 0 aromatic rings. The van der Waals surface area contributed by atoms with E-state index >= 15 is 0 Å². The second-order valence-electron chi connectivity index (χ2n) is 2.77. The van der Waals surface area contributed by atoms with Crippen molar-refractivity contribution in [3.63, 3.8) is 0 Å². The summed E-state index contributed by atoms with van der Waals surface area (Å²) in [6, 6.07) is -1.04. The minimum Gasteiger partial charge on any atom is -0.388 e. The molecule has 1 saturated heterocycles. The van der Waals surface area contributed by atoms with E-state index in [0.717, 1.165) is 0 Å². The Kier molecular flexibility index (Phi) is 2.46. The fourth-order valence-electron chi connectivity index (χ4n) is 1.05. The summed E-state index contributed by atoms with van der Waals surface area (Å²) in [4.78, 5) is 0. The summed E-state index contributed by atoms with van der Waals surface area (Å²) in [5.74, 6) is 0. The Labute approximate surface area is 64.4 Å². The van der Waals surface area contributed by atoms with Gasteiger partial charge in [0.15, 0.2) is 0 Å². The van der Waals surface area contributed by atoms with Gasteiger partial charge in [-0.2, -0.15) is 5.11 Å². The molecule has 0 saturated carbocycles. The summed E-state index contributed by atoms with van der Waals surface area (Å²) < 4.78 is 4.69. The lowest BCUT2D eigenvalue weighted by atomic mass is 9.99. The monoisotopic (exact) mass is 162 g/mol. The van der Waals surface area contributed by atoms with Gasteiger partial charge in [0.2, 0.25) is 6.29 Å². The van der Waals surface area contributed by atoms with Crippen molar-refractivity contribution in [2.75, 3.05) is 0 Å². The molecule has 1 radical (unpaired) electrons. The van der Waals surface area contributed by atoms with Gasteiger partial charge in [0.25, 0.3) is 0 Å². The Morgan fingerprint density at radius 2 is 1.91 bits per heavy atom. The van der Waals surface area contributed by atoms with Crippen molar-refractivity contribution in [1.82, 2.24) is 0 Å².